The molecule has 2 aliphatic heterocycles. The molecule has 86 heavy (non-hydrogen) atoms. The van der Waals surface area contributed by atoms with Crippen molar-refractivity contribution >= 4 is 23.2 Å². The molecule has 4 aromatic carbocycles. The fourth-order valence-electron chi connectivity index (χ4n) is 12.9. The molecular formula is C66H60F6N10O4. The molecule has 14 nitrogen and oxygen atoms in total. The SMILES string of the molecule is Cc1cc(N2CCC(c3nn(C(c4ccccc4)c4ccccc4)c4c3[C@@H](C(F)(F)F)[C@@H](O)C(=O)C4)CC2)ncc1C#N.Cc1cc(N2CCC(c3nn(C(c4ccccc4)c4ccccc4)c4c3[C@H](C(F)(F)F)[C@H](O)C(=O)C4)CC2)ncc1C#N. The molecule has 0 radical (unpaired) electrons. The van der Waals surface area contributed by atoms with E-state index >= 15 is 0 Å². The number of anilines is 2. The second kappa shape index (κ2) is 24.2. The number of halogens is 6. The number of rotatable bonds is 10. The fraction of sp³-hybridized carbons (Fsp3) is 0.333. The molecule has 20 heteroatoms. The number of pyridine rings is 2. The number of aliphatic hydroxyl groups is 2. The van der Waals surface area contributed by atoms with Gasteiger partial charge in [0.1, 0.15) is 59.9 Å². The Morgan fingerprint density at radius 2 is 0.814 bits per heavy atom. The Balaban J connectivity index is 0.000000179. The van der Waals surface area contributed by atoms with Crippen LogP contribution in [-0.4, -0.2) is 102 Å². The minimum atomic E-state index is -4.84. The third kappa shape index (κ3) is 11.5. The highest BCUT2D eigenvalue weighted by atomic mass is 19.4. The summed E-state index contributed by atoms with van der Waals surface area (Å²) >= 11 is 0. The minimum absolute atomic E-state index is 0.0674. The van der Waals surface area contributed by atoms with Gasteiger partial charge >= 0.3 is 12.4 Å². The Morgan fingerprint density at radius 1 is 0.512 bits per heavy atom. The second-order valence-electron chi connectivity index (χ2n) is 22.5. The summed E-state index contributed by atoms with van der Waals surface area (Å²) in [6, 6.07) is 44.4. The van der Waals surface area contributed by atoms with Crippen molar-refractivity contribution in [1.29, 1.82) is 10.5 Å². The predicted molar refractivity (Wildman–Crippen MR) is 307 cm³/mol. The summed E-state index contributed by atoms with van der Waals surface area (Å²) in [7, 11) is 0. The molecule has 2 saturated heterocycles. The molecule has 2 N–H and O–H groups in total. The third-order valence-corrected chi connectivity index (χ3v) is 17.3. The number of nitriles is 2. The number of aromatic nitrogens is 6. The molecule has 0 bridgehead atoms. The van der Waals surface area contributed by atoms with Gasteiger partial charge in [-0.25, -0.2) is 9.97 Å². The van der Waals surface area contributed by atoms with Crippen LogP contribution in [0.1, 0.15) is 140 Å². The first-order chi connectivity index (χ1) is 41.3. The lowest BCUT2D eigenvalue weighted by atomic mass is 9.78. The van der Waals surface area contributed by atoms with Crippen LogP contribution in [0.15, 0.2) is 146 Å². The van der Waals surface area contributed by atoms with Gasteiger partial charge in [0.15, 0.2) is 11.6 Å². The Bertz CT molecular complexity index is 3520. The van der Waals surface area contributed by atoms with Gasteiger partial charge in [0.2, 0.25) is 0 Å². The van der Waals surface area contributed by atoms with Gasteiger partial charge in [-0.15, -0.1) is 0 Å². The zero-order valence-electron chi connectivity index (χ0n) is 47.0. The van der Waals surface area contributed by atoms with E-state index in [-0.39, 0.29) is 47.2 Å². The van der Waals surface area contributed by atoms with Gasteiger partial charge in [0.05, 0.1) is 46.7 Å². The molecule has 8 aromatic rings. The van der Waals surface area contributed by atoms with E-state index in [1.54, 1.807) is 9.36 Å². The Kier molecular flexibility index (Phi) is 16.5. The third-order valence-electron chi connectivity index (χ3n) is 17.3. The van der Waals surface area contributed by atoms with Gasteiger partial charge in [-0.1, -0.05) is 121 Å². The summed E-state index contributed by atoms with van der Waals surface area (Å²) in [4.78, 5) is 38.8. The first kappa shape index (κ1) is 58.8. The lowest BCUT2D eigenvalue weighted by Gasteiger charge is -2.34. The average molecular weight is 1170 g/mol. The predicted octanol–water partition coefficient (Wildman–Crippen LogP) is 11.2. The van der Waals surface area contributed by atoms with E-state index < -0.39 is 60.0 Å². The number of alkyl halides is 6. The number of hydrogen-bond acceptors (Lipinski definition) is 12. The van der Waals surface area contributed by atoms with Crippen molar-refractivity contribution in [2.45, 2.75) is 113 Å². The molecule has 440 valence electrons. The first-order valence-electron chi connectivity index (χ1n) is 28.5. The van der Waals surface area contributed by atoms with Gasteiger partial charge in [0.25, 0.3) is 0 Å². The number of carbonyl (C=O) groups excluding carboxylic acids is 2. The molecule has 4 aromatic heterocycles. The number of nitrogens with zero attached hydrogens (tertiary/aromatic N) is 10. The maximum absolute atomic E-state index is 14.6. The number of fused-ring (bicyclic) bond motifs is 2. The van der Waals surface area contributed by atoms with Crippen molar-refractivity contribution < 1.29 is 46.1 Å². The molecule has 4 aliphatic rings. The van der Waals surface area contributed by atoms with Crippen molar-refractivity contribution in [2.75, 3.05) is 36.0 Å². The zero-order valence-corrected chi connectivity index (χ0v) is 47.0. The molecule has 0 amide bonds. The van der Waals surface area contributed by atoms with Crippen LogP contribution in [0.2, 0.25) is 0 Å². The van der Waals surface area contributed by atoms with E-state index in [0.29, 0.717) is 86.0 Å². The van der Waals surface area contributed by atoms with Crippen molar-refractivity contribution in [3.8, 4) is 12.1 Å². The molecule has 4 atom stereocenters. The maximum Gasteiger partial charge on any atom is 0.398 e. The normalized spacial score (nSPS) is 19.4. The lowest BCUT2D eigenvalue weighted by Crippen LogP contribution is -2.43. The summed E-state index contributed by atoms with van der Waals surface area (Å²) in [6.45, 7) is 5.81. The highest BCUT2D eigenvalue weighted by molar-refractivity contribution is 5.89. The quantitative estimate of drug-likeness (QED) is 0.123. The summed E-state index contributed by atoms with van der Waals surface area (Å²) in [5.41, 5.74) is 6.77. The molecule has 0 spiro atoms. The summed E-state index contributed by atoms with van der Waals surface area (Å²) in [5, 5.41) is 49.6. The Labute approximate surface area is 492 Å². The number of benzene rings is 4. The molecule has 0 unspecified atom stereocenters. The smallest absolute Gasteiger partial charge is 0.384 e. The Morgan fingerprint density at radius 3 is 1.08 bits per heavy atom. The highest BCUT2D eigenvalue weighted by Crippen LogP contribution is 2.50. The summed E-state index contributed by atoms with van der Waals surface area (Å²) < 4.78 is 91.0. The van der Waals surface area contributed by atoms with Crippen LogP contribution in [0.5, 0.6) is 0 Å². The van der Waals surface area contributed by atoms with Crippen LogP contribution in [0.4, 0.5) is 38.0 Å². The number of hydrogen-bond donors (Lipinski definition) is 2. The lowest BCUT2D eigenvalue weighted by molar-refractivity contribution is -0.179. The van der Waals surface area contributed by atoms with Gasteiger partial charge in [-0.2, -0.15) is 47.1 Å². The van der Waals surface area contributed by atoms with Crippen LogP contribution in [-0.2, 0) is 22.4 Å². The summed E-state index contributed by atoms with van der Waals surface area (Å²) in [6.07, 6.45) is -9.58. The number of piperidine rings is 2. The van der Waals surface area contributed by atoms with Gasteiger partial charge in [-0.05, 0) is 85.0 Å². The van der Waals surface area contributed by atoms with E-state index in [1.807, 2.05) is 147 Å². The van der Waals surface area contributed by atoms with Crippen LogP contribution >= 0.6 is 0 Å². The van der Waals surface area contributed by atoms with E-state index in [0.717, 1.165) is 33.4 Å². The van der Waals surface area contributed by atoms with E-state index in [4.69, 9.17) is 10.2 Å². The fourth-order valence-corrected chi connectivity index (χ4v) is 12.9. The van der Waals surface area contributed by atoms with Crippen LogP contribution in [0, 0.1) is 36.5 Å². The Hall–Kier alpha value is -8.98. The maximum atomic E-state index is 14.6. The van der Waals surface area contributed by atoms with Crippen LogP contribution < -0.4 is 9.80 Å². The molecule has 6 heterocycles. The van der Waals surface area contributed by atoms with Crippen LogP contribution in [0.3, 0.4) is 0 Å². The second-order valence-corrected chi connectivity index (χ2v) is 22.5. The van der Waals surface area contributed by atoms with E-state index in [9.17, 15) is 56.7 Å². The monoisotopic (exact) mass is 1170 g/mol. The van der Waals surface area contributed by atoms with Gasteiger partial charge in [-0.3, -0.25) is 19.0 Å². The van der Waals surface area contributed by atoms with Crippen molar-refractivity contribution in [3.05, 3.63) is 224 Å². The van der Waals surface area contributed by atoms with E-state index in [2.05, 4.69) is 31.9 Å². The average Bonchev–Trinajstić information content (AvgIpc) is 1.59. The van der Waals surface area contributed by atoms with Crippen LogP contribution in [0.25, 0.3) is 0 Å². The van der Waals surface area contributed by atoms with Gasteiger partial charge in [0, 0.05) is 61.5 Å². The van der Waals surface area contributed by atoms with E-state index in [1.165, 1.54) is 12.4 Å². The number of carbonyl (C=O) groups is 2. The zero-order chi connectivity index (χ0) is 60.6. The molecule has 2 aliphatic carbocycles. The molecular weight excluding hydrogens is 1110 g/mol. The largest absolute Gasteiger partial charge is 0.398 e. The van der Waals surface area contributed by atoms with Crippen molar-refractivity contribution in [2.24, 2.45) is 0 Å². The van der Waals surface area contributed by atoms with Crippen molar-refractivity contribution in [3.63, 3.8) is 0 Å². The first-order valence-corrected chi connectivity index (χ1v) is 28.5. The number of ketones is 2. The number of aryl methyl sites for hydroxylation is 2. The van der Waals surface area contributed by atoms with Crippen molar-refractivity contribution in [1.82, 2.24) is 29.5 Å². The highest BCUT2D eigenvalue weighted by Gasteiger charge is 2.56. The molecule has 12 rings (SSSR count). The number of Topliss-reactive ketones (excluding diaryl/α,β-unsaturated/α-hetero) is 2. The molecule has 0 saturated carbocycles. The summed E-state index contributed by atoms with van der Waals surface area (Å²) in [5.74, 6) is -5.62. The number of aliphatic hydroxyl groups excluding tert-OH is 2. The standard InChI is InChI=1S/2C33H30F3N5O2/c2*1-20-16-27(38-19-24(20)18-37)40-14-12-21(13-15-40)30-28-25(17-26(42)32(43)29(28)33(34,35)36)41(39-30)31(22-8-4-2-5-9-22)23-10-6-3-7-11-23/h2*2-11,16,19,21,29,31-32,43H,12-15,17H2,1H3/t2*29-,32+/m10/s1. The molecule has 2 fully saturated rings. The minimum Gasteiger partial charge on any atom is -0.384 e. The topological polar surface area (TPSA) is 190 Å². The van der Waals surface area contributed by atoms with Gasteiger partial charge < -0.3 is 20.0 Å².